The molecule has 0 aliphatic heterocycles. The zero-order valence-corrected chi connectivity index (χ0v) is 18.4. The van der Waals surface area contributed by atoms with E-state index in [-0.39, 0.29) is 12.6 Å². The minimum atomic E-state index is -0.519. The third kappa shape index (κ3) is 19.5. The fourth-order valence-corrected chi connectivity index (χ4v) is 2.96. The molecule has 27 heavy (non-hydrogen) atoms. The molecule has 0 radical (unpaired) electrons. The molecule has 4 heteroatoms. The lowest BCUT2D eigenvalue weighted by molar-refractivity contribution is 0.0483. The predicted molar refractivity (Wildman–Crippen MR) is 115 cm³/mol. The molecule has 1 amide bonds. The van der Waals surface area contributed by atoms with Crippen molar-refractivity contribution in [2.24, 2.45) is 0 Å². The summed E-state index contributed by atoms with van der Waals surface area (Å²) in [6.07, 6.45) is 20.4. The minimum absolute atomic E-state index is 0.0813. The Morgan fingerprint density at radius 2 is 1.44 bits per heavy atom. The van der Waals surface area contributed by atoms with Gasteiger partial charge in [-0.15, -0.1) is 0 Å². The molecule has 0 aromatic heterocycles. The fraction of sp³-hybridized carbons (Fsp3) is 0.870. The smallest absolute Gasteiger partial charge is 0.407 e. The Labute approximate surface area is 168 Å². The molecule has 0 saturated heterocycles. The van der Waals surface area contributed by atoms with Gasteiger partial charge in [0, 0.05) is 0 Å². The lowest BCUT2D eigenvalue weighted by Crippen LogP contribution is -2.40. The van der Waals surface area contributed by atoms with E-state index >= 15 is 0 Å². The molecule has 4 nitrogen and oxygen atoms in total. The number of nitrogens with one attached hydrogen (secondary N) is 1. The van der Waals surface area contributed by atoms with Gasteiger partial charge in [-0.25, -0.2) is 4.79 Å². The standard InChI is InChI=1S/C23H45NO3/c1-5-6-7-8-9-10-11-12-13-14-15-16-17-18-19-21(20-25)24-22(26)27-23(2,3)4/h17-18,21,25H,5-16,19-20H2,1-4H3,(H,24,26)/b18-17-/t21-/m1/s1. The summed E-state index contributed by atoms with van der Waals surface area (Å²) in [5.74, 6) is 0. The van der Waals surface area contributed by atoms with Gasteiger partial charge in [0.25, 0.3) is 0 Å². The molecule has 2 N–H and O–H groups in total. The number of rotatable bonds is 16. The Morgan fingerprint density at radius 3 is 1.93 bits per heavy atom. The molecular formula is C23H45NO3. The van der Waals surface area contributed by atoms with Crippen molar-refractivity contribution >= 4 is 6.09 Å². The SMILES string of the molecule is CCCCCCCCCCCCC/C=C\C[C@H](CO)NC(=O)OC(C)(C)C. The van der Waals surface area contributed by atoms with E-state index in [0.717, 1.165) is 6.42 Å². The van der Waals surface area contributed by atoms with Crippen LogP contribution in [0.5, 0.6) is 0 Å². The summed E-state index contributed by atoms with van der Waals surface area (Å²) in [7, 11) is 0. The Bertz CT molecular complexity index is 374. The molecule has 160 valence electrons. The molecule has 0 aromatic carbocycles. The number of aliphatic hydroxyl groups excluding tert-OH is 1. The molecule has 0 fully saturated rings. The largest absolute Gasteiger partial charge is 0.444 e. The first kappa shape index (κ1) is 26.0. The second-order valence-corrected chi connectivity index (χ2v) is 8.56. The highest BCUT2D eigenvalue weighted by molar-refractivity contribution is 5.68. The third-order valence-electron chi connectivity index (χ3n) is 4.50. The van der Waals surface area contributed by atoms with E-state index < -0.39 is 11.7 Å². The number of amides is 1. The van der Waals surface area contributed by atoms with Gasteiger partial charge in [-0.1, -0.05) is 83.3 Å². The Kier molecular flexibility index (Phi) is 16.4. The fourth-order valence-electron chi connectivity index (χ4n) is 2.96. The van der Waals surface area contributed by atoms with Crippen LogP contribution in [-0.2, 0) is 4.74 Å². The third-order valence-corrected chi connectivity index (χ3v) is 4.50. The number of alkyl carbamates (subject to hydrolysis) is 1. The van der Waals surface area contributed by atoms with Gasteiger partial charge < -0.3 is 15.2 Å². The van der Waals surface area contributed by atoms with E-state index in [1.54, 1.807) is 0 Å². The quantitative estimate of drug-likeness (QED) is 0.236. The number of hydrogen-bond donors (Lipinski definition) is 2. The summed E-state index contributed by atoms with van der Waals surface area (Å²) in [5.41, 5.74) is -0.519. The van der Waals surface area contributed by atoms with Crippen molar-refractivity contribution in [3.05, 3.63) is 12.2 Å². The first-order valence-corrected chi connectivity index (χ1v) is 11.1. The summed E-state index contributed by atoms with van der Waals surface area (Å²) < 4.78 is 5.21. The van der Waals surface area contributed by atoms with Crippen molar-refractivity contribution in [3.8, 4) is 0 Å². The average Bonchev–Trinajstić information content (AvgIpc) is 2.59. The Hall–Kier alpha value is -1.03. The van der Waals surface area contributed by atoms with E-state index in [1.807, 2.05) is 20.8 Å². The lowest BCUT2D eigenvalue weighted by atomic mass is 10.1. The van der Waals surface area contributed by atoms with Crippen LogP contribution < -0.4 is 5.32 Å². The highest BCUT2D eigenvalue weighted by Gasteiger charge is 2.18. The number of ether oxygens (including phenoxy) is 1. The van der Waals surface area contributed by atoms with Crippen molar-refractivity contribution in [1.29, 1.82) is 0 Å². The van der Waals surface area contributed by atoms with Crippen LogP contribution in [0.15, 0.2) is 12.2 Å². The maximum absolute atomic E-state index is 11.7. The lowest BCUT2D eigenvalue weighted by Gasteiger charge is -2.22. The number of allylic oxidation sites excluding steroid dienone is 1. The summed E-state index contributed by atoms with van der Waals surface area (Å²) in [6.45, 7) is 7.67. The topological polar surface area (TPSA) is 58.6 Å². The molecule has 0 aliphatic carbocycles. The zero-order valence-electron chi connectivity index (χ0n) is 18.4. The van der Waals surface area contributed by atoms with Crippen LogP contribution in [0, 0.1) is 0 Å². The van der Waals surface area contributed by atoms with Gasteiger partial charge in [-0.2, -0.15) is 0 Å². The maximum Gasteiger partial charge on any atom is 0.407 e. The van der Waals surface area contributed by atoms with Crippen LogP contribution in [0.1, 0.15) is 111 Å². The second-order valence-electron chi connectivity index (χ2n) is 8.56. The first-order chi connectivity index (χ1) is 12.9. The van der Waals surface area contributed by atoms with Crippen LogP contribution in [0.25, 0.3) is 0 Å². The predicted octanol–water partition coefficient (Wildman–Crippen LogP) is 6.52. The summed E-state index contributed by atoms with van der Waals surface area (Å²) in [5, 5.41) is 12.1. The molecule has 0 aromatic rings. The molecule has 0 saturated carbocycles. The van der Waals surface area contributed by atoms with Crippen molar-refractivity contribution in [3.63, 3.8) is 0 Å². The van der Waals surface area contributed by atoms with Gasteiger partial charge >= 0.3 is 6.09 Å². The molecule has 0 aliphatic rings. The number of hydrogen-bond acceptors (Lipinski definition) is 3. The number of aliphatic hydroxyl groups is 1. The zero-order chi connectivity index (χ0) is 20.4. The van der Waals surface area contributed by atoms with Gasteiger partial charge in [-0.3, -0.25) is 0 Å². The van der Waals surface area contributed by atoms with Gasteiger partial charge in [0.2, 0.25) is 0 Å². The van der Waals surface area contributed by atoms with E-state index in [1.165, 1.54) is 70.6 Å². The van der Waals surface area contributed by atoms with Gasteiger partial charge in [0.15, 0.2) is 0 Å². The van der Waals surface area contributed by atoms with Crippen molar-refractivity contribution in [1.82, 2.24) is 5.32 Å². The van der Waals surface area contributed by atoms with Gasteiger partial charge in [0.05, 0.1) is 12.6 Å². The number of carbonyl (C=O) groups excluding carboxylic acids is 1. The van der Waals surface area contributed by atoms with Crippen molar-refractivity contribution in [2.75, 3.05) is 6.61 Å². The molecular weight excluding hydrogens is 338 g/mol. The summed E-state index contributed by atoms with van der Waals surface area (Å²) in [4.78, 5) is 11.7. The number of carbonyl (C=O) groups is 1. The molecule has 1 atom stereocenters. The van der Waals surface area contributed by atoms with Crippen molar-refractivity contribution in [2.45, 2.75) is 123 Å². The molecule has 0 spiro atoms. The first-order valence-electron chi connectivity index (χ1n) is 11.1. The molecule has 0 unspecified atom stereocenters. The van der Waals surface area contributed by atoms with Crippen LogP contribution in [0.2, 0.25) is 0 Å². The minimum Gasteiger partial charge on any atom is -0.444 e. The molecule has 0 heterocycles. The van der Waals surface area contributed by atoms with Crippen LogP contribution in [0.4, 0.5) is 4.79 Å². The van der Waals surface area contributed by atoms with E-state index in [9.17, 15) is 9.90 Å². The van der Waals surface area contributed by atoms with Gasteiger partial charge in [-0.05, 0) is 40.0 Å². The second kappa shape index (κ2) is 17.1. The Balaban J connectivity index is 3.55. The average molecular weight is 384 g/mol. The monoisotopic (exact) mass is 383 g/mol. The van der Waals surface area contributed by atoms with Crippen LogP contribution >= 0.6 is 0 Å². The van der Waals surface area contributed by atoms with E-state index in [4.69, 9.17) is 4.74 Å². The van der Waals surface area contributed by atoms with Gasteiger partial charge in [0.1, 0.15) is 5.60 Å². The molecule has 0 bridgehead atoms. The van der Waals surface area contributed by atoms with E-state index in [0.29, 0.717) is 6.42 Å². The Morgan fingerprint density at radius 1 is 0.926 bits per heavy atom. The number of unbranched alkanes of at least 4 members (excludes halogenated alkanes) is 11. The summed E-state index contributed by atoms with van der Waals surface area (Å²) >= 11 is 0. The van der Waals surface area contributed by atoms with Crippen LogP contribution in [0.3, 0.4) is 0 Å². The van der Waals surface area contributed by atoms with Crippen LogP contribution in [-0.4, -0.2) is 29.4 Å². The van der Waals surface area contributed by atoms with Crippen molar-refractivity contribution < 1.29 is 14.6 Å². The highest BCUT2D eigenvalue weighted by Crippen LogP contribution is 2.12. The van der Waals surface area contributed by atoms with E-state index in [2.05, 4.69) is 24.4 Å². The maximum atomic E-state index is 11.7. The summed E-state index contributed by atoms with van der Waals surface area (Å²) in [6, 6.07) is -0.284. The highest BCUT2D eigenvalue weighted by atomic mass is 16.6. The molecule has 0 rings (SSSR count). The normalized spacial score (nSPS) is 13.1.